The van der Waals surface area contributed by atoms with Crippen LogP contribution in [0.4, 0.5) is 8.78 Å². The third-order valence-electron chi connectivity index (χ3n) is 3.73. The highest BCUT2D eigenvalue weighted by Crippen LogP contribution is 2.32. The maximum absolute atomic E-state index is 13.6. The van der Waals surface area contributed by atoms with Crippen molar-refractivity contribution in [3.05, 3.63) is 29.7 Å². The quantitative estimate of drug-likeness (QED) is 0.662. The molecule has 0 aliphatic carbocycles. The molecule has 0 saturated heterocycles. The molecule has 132 valence electrons. The summed E-state index contributed by atoms with van der Waals surface area (Å²) in [6.45, 7) is 3.34. The molecule has 0 aliphatic rings. The van der Waals surface area contributed by atoms with Gasteiger partial charge in [-0.2, -0.15) is 10.2 Å². The fourth-order valence-corrected chi connectivity index (χ4v) is 2.70. The zero-order valence-corrected chi connectivity index (χ0v) is 14.0. The van der Waals surface area contributed by atoms with Gasteiger partial charge >= 0.3 is 5.97 Å². The lowest BCUT2D eigenvalue weighted by Gasteiger charge is -2.07. The number of carbonyl (C=O) groups excluding carboxylic acids is 1. The van der Waals surface area contributed by atoms with Crippen LogP contribution in [0, 0.1) is 6.92 Å². The molecule has 0 atom stereocenters. The van der Waals surface area contributed by atoms with Crippen molar-refractivity contribution < 1.29 is 18.3 Å². The Labute approximate surface area is 142 Å². The number of ether oxygens (including phenoxy) is 1. The second-order valence-corrected chi connectivity index (χ2v) is 5.55. The number of aromatic nitrogens is 5. The third-order valence-corrected chi connectivity index (χ3v) is 3.73. The summed E-state index contributed by atoms with van der Waals surface area (Å²) in [7, 11) is 1.73. The average molecular weight is 349 g/mol. The Hall–Kier alpha value is -2.84. The first-order valence-electron chi connectivity index (χ1n) is 7.71. The van der Waals surface area contributed by atoms with E-state index in [1.54, 1.807) is 38.0 Å². The maximum atomic E-state index is 13.6. The van der Waals surface area contributed by atoms with E-state index in [1.165, 1.54) is 10.7 Å². The van der Waals surface area contributed by atoms with E-state index >= 15 is 0 Å². The summed E-state index contributed by atoms with van der Waals surface area (Å²) in [6, 6.07) is 1.34. The number of aryl methyl sites for hydroxylation is 2. The standard InChI is InChI=1S/C16H17F2N5O2/c1-4-25-13(24)8-23-16-14(9(2)21-23)11(15(17)18)5-12(20-16)10-6-19-22(3)7-10/h5-7,15H,4,8H2,1-3H3. The Balaban J connectivity index is 2.19. The van der Waals surface area contributed by atoms with Crippen molar-refractivity contribution in [2.45, 2.75) is 26.8 Å². The Kier molecular flexibility index (Phi) is 4.47. The smallest absolute Gasteiger partial charge is 0.327 e. The van der Waals surface area contributed by atoms with Crippen LogP contribution in [-0.2, 0) is 23.1 Å². The lowest BCUT2D eigenvalue weighted by atomic mass is 10.1. The molecule has 0 spiro atoms. The molecule has 0 radical (unpaired) electrons. The largest absolute Gasteiger partial charge is 0.465 e. The predicted octanol–water partition coefficient (Wildman–Crippen LogP) is 2.64. The van der Waals surface area contributed by atoms with Gasteiger partial charge in [0.2, 0.25) is 0 Å². The van der Waals surface area contributed by atoms with Gasteiger partial charge in [-0.1, -0.05) is 0 Å². The van der Waals surface area contributed by atoms with Gasteiger partial charge in [0.25, 0.3) is 6.43 Å². The average Bonchev–Trinajstić information content (AvgIpc) is 3.11. The molecule has 7 nitrogen and oxygen atoms in total. The van der Waals surface area contributed by atoms with E-state index in [0.29, 0.717) is 17.0 Å². The van der Waals surface area contributed by atoms with Crippen molar-refractivity contribution in [2.24, 2.45) is 7.05 Å². The number of hydrogen-bond acceptors (Lipinski definition) is 5. The third kappa shape index (κ3) is 3.21. The van der Waals surface area contributed by atoms with Crippen molar-refractivity contribution in [1.29, 1.82) is 0 Å². The van der Waals surface area contributed by atoms with Gasteiger partial charge in [0.15, 0.2) is 5.65 Å². The number of hydrogen-bond donors (Lipinski definition) is 0. The molecule has 0 saturated carbocycles. The summed E-state index contributed by atoms with van der Waals surface area (Å²) in [4.78, 5) is 16.2. The lowest BCUT2D eigenvalue weighted by Crippen LogP contribution is -2.15. The van der Waals surface area contributed by atoms with Gasteiger partial charge in [0.1, 0.15) is 6.54 Å². The van der Waals surface area contributed by atoms with Gasteiger partial charge in [-0.15, -0.1) is 0 Å². The Morgan fingerprint density at radius 3 is 2.76 bits per heavy atom. The molecular weight excluding hydrogens is 332 g/mol. The van der Waals surface area contributed by atoms with Crippen molar-refractivity contribution in [1.82, 2.24) is 24.5 Å². The van der Waals surface area contributed by atoms with Crippen molar-refractivity contribution in [3.8, 4) is 11.3 Å². The van der Waals surface area contributed by atoms with Crippen LogP contribution in [0.15, 0.2) is 18.5 Å². The number of pyridine rings is 1. The number of rotatable bonds is 5. The molecule has 3 aromatic heterocycles. The van der Waals surface area contributed by atoms with Gasteiger partial charge < -0.3 is 4.74 Å². The topological polar surface area (TPSA) is 74.8 Å². The summed E-state index contributed by atoms with van der Waals surface area (Å²) in [5, 5.41) is 8.49. The van der Waals surface area contributed by atoms with E-state index in [0.717, 1.165) is 0 Å². The number of fused-ring (bicyclic) bond motifs is 1. The molecule has 0 fully saturated rings. The zero-order valence-electron chi connectivity index (χ0n) is 14.0. The number of alkyl halides is 2. The van der Waals surface area contributed by atoms with Crippen LogP contribution in [0.2, 0.25) is 0 Å². The van der Waals surface area contributed by atoms with Crippen LogP contribution in [0.25, 0.3) is 22.3 Å². The van der Waals surface area contributed by atoms with E-state index in [9.17, 15) is 13.6 Å². The molecule has 0 aromatic carbocycles. The Morgan fingerprint density at radius 2 is 2.16 bits per heavy atom. The van der Waals surface area contributed by atoms with E-state index in [4.69, 9.17) is 4.74 Å². The minimum absolute atomic E-state index is 0.170. The van der Waals surface area contributed by atoms with Crippen LogP contribution in [0.5, 0.6) is 0 Å². The first-order valence-corrected chi connectivity index (χ1v) is 7.71. The van der Waals surface area contributed by atoms with Crippen molar-refractivity contribution >= 4 is 17.0 Å². The molecule has 0 bridgehead atoms. The normalized spacial score (nSPS) is 11.4. The maximum Gasteiger partial charge on any atom is 0.327 e. The van der Waals surface area contributed by atoms with Crippen LogP contribution in [0.1, 0.15) is 24.6 Å². The number of halogens is 2. The summed E-state index contributed by atoms with van der Waals surface area (Å²) in [5.74, 6) is -0.501. The Bertz CT molecular complexity index is 932. The zero-order chi connectivity index (χ0) is 18.1. The van der Waals surface area contributed by atoms with Gasteiger partial charge in [-0.3, -0.25) is 9.48 Å². The lowest BCUT2D eigenvalue weighted by molar-refractivity contribution is -0.143. The minimum Gasteiger partial charge on any atom is -0.465 e. The highest BCUT2D eigenvalue weighted by molar-refractivity contribution is 5.86. The van der Waals surface area contributed by atoms with E-state index in [2.05, 4.69) is 15.2 Å². The van der Waals surface area contributed by atoms with E-state index in [-0.39, 0.29) is 29.7 Å². The molecule has 0 amide bonds. The molecule has 9 heteroatoms. The summed E-state index contributed by atoms with van der Waals surface area (Å²) in [6.07, 6.45) is 0.532. The summed E-state index contributed by atoms with van der Waals surface area (Å²) < 4.78 is 35.0. The summed E-state index contributed by atoms with van der Waals surface area (Å²) >= 11 is 0. The summed E-state index contributed by atoms with van der Waals surface area (Å²) in [5.41, 5.74) is 1.40. The Morgan fingerprint density at radius 1 is 1.40 bits per heavy atom. The first-order chi connectivity index (χ1) is 11.9. The fourth-order valence-electron chi connectivity index (χ4n) is 2.70. The molecule has 25 heavy (non-hydrogen) atoms. The fraction of sp³-hybridized carbons (Fsp3) is 0.375. The van der Waals surface area contributed by atoms with Crippen molar-refractivity contribution in [2.75, 3.05) is 6.61 Å². The van der Waals surface area contributed by atoms with E-state index in [1.807, 2.05) is 0 Å². The number of carbonyl (C=O) groups is 1. The molecule has 0 unspecified atom stereocenters. The first kappa shape index (κ1) is 17.0. The molecule has 0 N–H and O–H groups in total. The molecule has 3 heterocycles. The SMILES string of the molecule is CCOC(=O)Cn1nc(C)c2c(C(F)F)cc(-c3cnn(C)c3)nc21. The minimum atomic E-state index is -2.69. The second-order valence-electron chi connectivity index (χ2n) is 5.55. The van der Waals surface area contributed by atoms with Crippen LogP contribution >= 0.6 is 0 Å². The number of esters is 1. The molecule has 3 rings (SSSR count). The van der Waals surface area contributed by atoms with E-state index < -0.39 is 12.4 Å². The predicted molar refractivity (Wildman–Crippen MR) is 86.1 cm³/mol. The second kappa shape index (κ2) is 6.58. The molecule has 0 aliphatic heterocycles. The number of nitrogens with zero attached hydrogens (tertiary/aromatic N) is 5. The highest BCUT2D eigenvalue weighted by Gasteiger charge is 2.22. The highest BCUT2D eigenvalue weighted by atomic mass is 19.3. The van der Waals surface area contributed by atoms with Crippen molar-refractivity contribution in [3.63, 3.8) is 0 Å². The molecular formula is C16H17F2N5O2. The van der Waals surface area contributed by atoms with Crippen LogP contribution in [-0.4, -0.2) is 37.1 Å². The van der Waals surface area contributed by atoms with Crippen LogP contribution < -0.4 is 0 Å². The van der Waals surface area contributed by atoms with Crippen LogP contribution in [0.3, 0.4) is 0 Å². The monoisotopic (exact) mass is 349 g/mol. The van der Waals surface area contributed by atoms with Gasteiger partial charge in [0.05, 0.1) is 29.6 Å². The van der Waals surface area contributed by atoms with Gasteiger partial charge in [-0.05, 0) is 19.9 Å². The molecule has 3 aromatic rings. The van der Waals surface area contributed by atoms with Gasteiger partial charge in [0, 0.05) is 24.4 Å². The van der Waals surface area contributed by atoms with Gasteiger partial charge in [-0.25, -0.2) is 18.4 Å².